The molecule has 0 aliphatic carbocycles. The van der Waals surface area contributed by atoms with Crippen LogP contribution in [-0.2, 0) is 0 Å². The quantitative estimate of drug-likeness (QED) is 0.730. The molecule has 1 unspecified atom stereocenters. The summed E-state index contributed by atoms with van der Waals surface area (Å²) in [5.74, 6) is -4.19. The van der Waals surface area contributed by atoms with Crippen LogP contribution in [0.5, 0.6) is 0 Å². The van der Waals surface area contributed by atoms with Crippen LogP contribution >= 0.6 is 0 Å². The monoisotopic (exact) mass is 290 g/mol. The molecule has 4 nitrogen and oxygen atoms in total. The van der Waals surface area contributed by atoms with Crippen molar-refractivity contribution in [1.82, 2.24) is 5.32 Å². The first-order valence-electron chi connectivity index (χ1n) is 6.17. The van der Waals surface area contributed by atoms with Crippen molar-refractivity contribution in [3.63, 3.8) is 0 Å². The van der Waals surface area contributed by atoms with E-state index in [0.717, 1.165) is 6.07 Å². The van der Waals surface area contributed by atoms with Crippen LogP contribution in [0.1, 0.15) is 20.3 Å². The van der Waals surface area contributed by atoms with Crippen LogP contribution in [0.25, 0.3) is 0 Å². The molecular weight excluding hydrogens is 273 g/mol. The summed E-state index contributed by atoms with van der Waals surface area (Å²) in [6.07, 6.45) is -0.227. The molecule has 7 heteroatoms. The van der Waals surface area contributed by atoms with E-state index in [-0.39, 0.29) is 12.5 Å². The van der Waals surface area contributed by atoms with Crippen LogP contribution < -0.4 is 10.6 Å². The molecule has 2 amide bonds. The highest BCUT2D eigenvalue weighted by Crippen LogP contribution is 2.19. The van der Waals surface area contributed by atoms with Gasteiger partial charge in [-0.15, -0.1) is 0 Å². The van der Waals surface area contributed by atoms with Crippen LogP contribution in [0.3, 0.4) is 0 Å². The number of aliphatic hydroxyl groups excluding tert-OH is 1. The summed E-state index contributed by atoms with van der Waals surface area (Å²) in [5, 5.41) is 13.9. The highest BCUT2D eigenvalue weighted by molar-refractivity contribution is 5.89. The Balaban J connectivity index is 2.53. The maximum atomic E-state index is 13.3. The van der Waals surface area contributed by atoms with Crippen molar-refractivity contribution in [2.75, 3.05) is 11.9 Å². The second kappa shape index (κ2) is 7.14. The number of aliphatic hydroxyl groups is 1. The van der Waals surface area contributed by atoms with E-state index in [1.807, 2.05) is 19.2 Å². The first kappa shape index (κ1) is 16.3. The van der Waals surface area contributed by atoms with Gasteiger partial charge in [0, 0.05) is 6.54 Å². The fourth-order valence-corrected chi connectivity index (χ4v) is 1.63. The van der Waals surface area contributed by atoms with Gasteiger partial charge in [0.25, 0.3) is 0 Å². The summed E-state index contributed by atoms with van der Waals surface area (Å²) in [6.45, 7) is 3.81. The average molecular weight is 290 g/mol. The van der Waals surface area contributed by atoms with Crippen LogP contribution in [0, 0.1) is 23.4 Å². The van der Waals surface area contributed by atoms with Crippen LogP contribution in [0.2, 0.25) is 0 Å². The van der Waals surface area contributed by atoms with Gasteiger partial charge in [-0.2, -0.15) is 0 Å². The largest absolute Gasteiger partial charge is 0.391 e. The van der Waals surface area contributed by atoms with Crippen molar-refractivity contribution in [2.24, 2.45) is 5.92 Å². The second-order valence-electron chi connectivity index (χ2n) is 4.84. The number of benzene rings is 1. The molecule has 112 valence electrons. The highest BCUT2D eigenvalue weighted by Gasteiger charge is 2.15. The summed E-state index contributed by atoms with van der Waals surface area (Å²) in [5.41, 5.74) is -0.472. The minimum Gasteiger partial charge on any atom is -0.391 e. The molecule has 0 saturated heterocycles. The SMILES string of the molecule is CC(C)CC(O)CNC(=O)Nc1ccc(F)c(F)c1F. The zero-order chi connectivity index (χ0) is 15.3. The second-order valence-corrected chi connectivity index (χ2v) is 4.84. The molecule has 1 aromatic carbocycles. The predicted molar refractivity (Wildman–Crippen MR) is 68.8 cm³/mol. The summed E-state index contributed by atoms with van der Waals surface area (Å²) < 4.78 is 38.9. The maximum Gasteiger partial charge on any atom is 0.319 e. The van der Waals surface area contributed by atoms with Crippen molar-refractivity contribution in [3.05, 3.63) is 29.6 Å². The van der Waals surface area contributed by atoms with E-state index in [1.54, 1.807) is 0 Å². The molecule has 0 aliphatic heterocycles. The third-order valence-corrected chi connectivity index (χ3v) is 2.53. The van der Waals surface area contributed by atoms with E-state index in [0.29, 0.717) is 12.5 Å². The van der Waals surface area contributed by atoms with Crippen molar-refractivity contribution in [2.45, 2.75) is 26.4 Å². The van der Waals surface area contributed by atoms with Crippen LogP contribution in [-0.4, -0.2) is 23.8 Å². The summed E-state index contributed by atoms with van der Waals surface area (Å²) in [4.78, 5) is 11.4. The highest BCUT2D eigenvalue weighted by atomic mass is 19.2. The molecule has 1 rings (SSSR count). The van der Waals surface area contributed by atoms with Gasteiger partial charge in [0.05, 0.1) is 11.8 Å². The average Bonchev–Trinajstić information content (AvgIpc) is 2.36. The Morgan fingerprint density at radius 2 is 1.90 bits per heavy atom. The molecule has 0 spiro atoms. The van der Waals surface area contributed by atoms with E-state index < -0.39 is 35.3 Å². The molecule has 3 N–H and O–H groups in total. The van der Waals surface area contributed by atoms with Gasteiger partial charge < -0.3 is 15.7 Å². The van der Waals surface area contributed by atoms with E-state index in [9.17, 15) is 23.1 Å². The summed E-state index contributed by atoms with van der Waals surface area (Å²) >= 11 is 0. The number of anilines is 1. The van der Waals surface area contributed by atoms with Gasteiger partial charge in [0.2, 0.25) is 0 Å². The molecule has 1 aromatic rings. The molecule has 0 bridgehead atoms. The number of urea groups is 1. The molecule has 0 aromatic heterocycles. The zero-order valence-corrected chi connectivity index (χ0v) is 11.2. The van der Waals surface area contributed by atoms with Crippen LogP contribution in [0.4, 0.5) is 23.7 Å². The number of hydrogen-bond acceptors (Lipinski definition) is 2. The lowest BCUT2D eigenvalue weighted by molar-refractivity contribution is 0.148. The first-order chi connectivity index (χ1) is 9.31. The van der Waals surface area contributed by atoms with Gasteiger partial charge in [0.15, 0.2) is 17.5 Å². The van der Waals surface area contributed by atoms with Gasteiger partial charge in [0.1, 0.15) is 0 Å². The Morgan fingerprint density at radius 3 is 2.50 bits per heavy atom. The summed E-state index contributed by atoms with van der Waals surface area (Å²) in [6, 6.07) is 0.817. The molecule has 0 fully saturated rings. The number of nitrogens with one attached hydrogen (secondary N) is 2. The number of carbonyl (C=O) groups excluding carboxylic acids is 1. The smallest absolute Gasteiger partial charge is 0.319 e. The minimum atomic E-state index is -1.65. The summed E-state index contributed by atoms with van der Waals surface area (Å²) in [7, 11) is 0. The Bertz CT molecular complexity index is 481. The molecule has 0 radical (unpaired) electrons. The molecule has 20 heavy (non-hydrogen) atoms. The Labute approximate surface area is 115 Å². The molecular formula is C13H17F3N2O2. The minimum absolute atomic E-state index is 0.0185. The number of amides is 2. The predicted octanol–water partition coefficient (Wildman–Crippen LogP) is 2.63. The van der Waals surface area contributed by atoms with E-state index in [4.69, 9.17) is 0 Å². The lowest BCUT2D eigenvalue weighted by atomic mass is 10.1. The molecule has 0 saturated carbocycles. The molecule has 1 atom stereocenters. The normalized spacial score (nSPS) is 12.3. The Hall–Kier alpha value is -1.76. The van der Waals surface area contributed by atoms with Gasteiger partial charge >= 0.3 is 6.03 Å². The fraction of sp³-hybridized carbons (Fsp3) is 0.462. The van der Waals surface area contributed by atoms with Crippen molar-refractivity contribution in [3.8, 4) is 0 Å². The maximum absolute atomic E-state index is 13.3. The Morgan fingerprint density at radius 1 is 1.25 bits per heavy atom. The number of halogens is 3. The van der Waals surface area contributed by atoms with Crippen molar-refractivity contribution >= 4 is 11.7 Å². The first-order valence-corrected chi connectivity index (χ1v) is 6.17. The lowest BCUT2D eigenvalue weighted by Gasteiger charge is -2.14. The fourth-order valence-electron chi connectivity index (χ4n) is 1.63. The number of rotatable bonds is 5. The van der Waals surface area contributed by atoms with Gasteiger partial charge in [-0.05, 0) is 24.5 Å². The molecule has 0 heterocycles. The van der Waals surface area contributed by atoms with E-state index >= 15 is 0 Å². The Kier molecular flexibility index (Phi) is 5.82. The zero-order valence-electron chi connectivity index (χ0n) is 11.2. The van der Waals surface area contributed by atoms with Crippen molar-refractivity contribution < 1.29 is 23.1 Å². The topological polar surface area (TPSA) is 61.4 Å². The van der Waals surface area contributed by atoms with E-state index in [1.165, 1.54) is 0 Å². The van der Waals surface area contributed by atoms with Crippen LogP contribution in [0.15, 0.2) is 12.1 Å². The van der Waals surface area contributed by atoms with Gasteiger partial charge in [-0.25, -0.2) is 18.0 Å². The molecule has 0 aliphatic rings. The van der Waals surface area contributed by atoms with Gasteiger partial charge in [-0.3, -0.25) is 0 Å². The number of carbonyl (C=O) groups is 1. The van der Waals surface area contributed by atoms with E-state index in [2.05, 4.69) is 5.32 Å². The third-order valence-electron chi connectivity index (χ3n) is 2.53. The number of hydrogen-bond donors (Lipinski definition) is 3. The third kappa shape index (κ3) is 4.73. The standard InChI is InChI=1S/C13H17F3N2O2/c1-7(2)5-8(19)6-17-13(20)18-10-4-3-9(14)11(15)12(10)16/h3-4,7-8,19H,5-6H2,1-2H3,(H2,17,18,20). The lowest BCUT2D eigenvalue weighted by Crippen LogP contribution is -2.36. The van der Waals surface area contributed by atoms with Gasteiger partial charge in [-0.1, -0.05) is 13.8 Å². The van der Waals surface area contributed by atoms with Crippen molar-refractivity contribution in [1.29, 1.82) is 0 Å².